The minimum atomic E-state index is -0.993. The molecule has 110 valence electrons. The molecule has 1 aromatic carbocycles. The van der Waals surface area contributed by atoms with E-state index in [-0.39, 0.29) is 5.56 Å². The second kappa shape index (κ2) is 7.26. The quantitative estimate of drug-likeness (QED) is 0.755. The fourth-order valence-electron chi connectivity index (χ4n) is 1.73. The molecule has 0 saturated carbocycles. The van der Waals surface area contributed by atoms with Gasteiger partial charge in [0.05, 0.1) is 15.7 Å². The Morgan fingerprint density at radius 3 is 2.81 bits per heavy atom. The molecular weight excluding hydrogens is 385 g/mol. The first-order valence-corrected chi connectivity index (χ1v) is 7.41. The van der Waals surface area contributed by atoms with Gasteiger partial charge in [-0.25, -0.2) is 4.79 Å². The summed E-state index contributed by atoms with van der Waals surface area (Å²) >= 11 is 2.04. The number of halogens is 1. The molecule has 5 nitrogen and oxygen atoms in total. The smallest absolute Gasteiger partial charge is 0.335 e. The van der Waals surface area contributed by atoms with Gasteiger partial charge in [-0.15, -0.1) is 0 Å². The van der Waals surface area contributed by atoms with Crippen molar-refractivity contribution >= 4 is 28.6 Å². The molecule has 2 aromatic rings. The SMILES string of the molecule is CCOc1cc(C(=O)O)cc(I)c1OCc1cccnc1. The number of hydrogen-bond acceptors (Lipinski definition) is 4. The van der Waals surface area contributed by atoms with E-state index in [0.717, 1.165) is 5.56 Å². The van der Waals surface area contributed by atoms with E-state index in [1.54, 1.807) is 18.5 Å². The van der Waals surface area contributed by atoms with Crippen LogP contribution in [0.25, 0.3) is 0 Å². The summed E-state index contributed by atoms with van der Waals surface area (Å²) in [5.41, 5.74) is 1.11. The molecule has 0 aliphatic rings. The van der Waals surface area contributed by atoms with Crippen molar-refractivity contribution in [3.8, 4) is 11.5 Å². The summed E-state index contributed by atoms with van der Waals surface area (Å²) in [5, 5.41) is 9.09. The van der Waals surface area contributed by atoms with Gasteiger partial charge in [-0.2, -0.15) is 0 Å². The Balaban J connectivity index is 2.26. The average Bonchev–Trinajstić information content (AvgIpc) is 2.47. The Morgan fingerprint density at radius 1 is 1.38 bits per heavy atom. The van der Waals surface area contributed by atoms with Crippen molar-refractivity contribution in [1.29, 1.82) is 0 Å². The number of carboxylic acids is 1. The highest BCUT2D eigenvalue weighted by molar-refractivity contribution is 14.1. The predicted octanol–water partition coefficient (Wildman–Crippen LogP) is 3.36. The number of aromatic nitrogens is 1. The van der Waals surface area contributed by atoms with Crippen LogP contribution in [0.3, 0.4) is 0 Å². The Labute approximate surface area is 136 Å². The highest BCUT2D eigenvalue weighted by atomic mass is 127. The standard InChI is InChI=1S/C15H14INO4/c1-2-20-13-7-11(15(18)19)6-12(16)14(13)21-9-10-4-3-5-17-8-10/h3-8H,2,9H2,1H3,(H,18,19). The zero-order chi connectivity index (χ0) is 15.2. The van der Waals surface area contributed by atoms with Gasteiger partial charge in [-0.3, -0.25) is 4.98 Å². The Kier molecular flexibility index (Phi) is 5.38. The maximum atomic E-state index is 11.1. The van der Waals surface area contributed by atoms with Crippen molar-refractivity contribution in [2.75, 3.05) is 6.61 Å². The van der Waals surface area contributed by atoms with Crippen LogP contribution in [0.1, 0.15) is 22.8 Å². The first-order chi connectivity index (χ1) is 10.1. The molecule has 2 rings (SSSR count). The van der Waals surface area contributed by atoms with Crippen molar-refractivity contribution in [2.24, 2.45) is 0 Å². The molecule has 0 aliphatic heterocycles. The molecule has 0 unspecified atom stereocenters. The summed E-state index contributed by atoms with van der Waals surface area (Å²) in [4.78, 5) is 15.1. The molecular formula is C15H14INO4. The van der Waals surface area contributed by atoms with E-state index in [4.69, 9.17) is 14.6 Å². The lowest BCUT2D eigenvalue weighted by atomic mass is 10.2. The van der Waals surface area contributed by atoms with E-state index in [1.165, 1.54) is 6.07 Å². The average molecular weight is 399 g/mol. The second-order valence-corrected chi connectivity index (χ2v) is 5.34. The van der Waals surface area contributed by atoms with Crippen LogP contribution >= 0.6 is 22.6 Å². The molecule has 0 fully saturated rings. The van der Waals surface area contributed by atoms with Gasteiger partial charge in [0.25, 0.3) is 0 Å². The fraction of sp³-hybridized carbons (Fsp3) is 0.200. The number of carbonyl (C=O) groups is 1. The number of aromatic carboxylic acids is 1. The summed E-state index contributed by atoms with van der Waals surface area (Å²) in [6.45, 7) is 2.62. The second-order valence-electron chi connectivity index (χ2n) is 4.17. The molecule has 0 spiro atoms. The van der Waals surface area contributed by atoms with Gasteiger partial charge in [0.15, 0.2) is 11.5 Å². The van der Waals surface area contributed by atoms with Crippen LogP contribution in [0.4, 0.5) is 0 Å². The fourth-order valence-corrected chi connectivity index (χ4v) is 2.49. The Bertz CT molecular complexity index is 631. The molecule has 0 aliphatic carbocycles. The maximum absolute atomic E-state index is 11.1. The number of nitrogens with zero attached hydrogens (tertiary/aromatic N) is 1. The summed E-state index contributed by atoms with van der Waals surface area (Å²) in [7, 11) is 0. The first-order valence-electron chi connectivity index (χ1n) is 6.33. The third-order valence-electron chi connectivity index (χ3n) is 2.66. The van der Waals surface area contributed by atoms with Crippen molar-refractivity contribution in [3.63, 3.8) is 0 Å². The van der Waals surface area contributed by atoms with Gasteiger partial charge in [-0.1, -0.05) is 6.07 Å². The summed E-state index contributed by atoms with van der Waals surface area (Å²) in [6, 6.07) is 6.78. The summed E-state index contributed by atoms with van der Waals surface area (Å²) in [5.74, 6) is -0.00956. The zero-order valence-electron chi connectivity index (χ0n) is 11.4. The highest BCUT2D eigenvalue weighted by Gasteiger charge is 2.15. The lowest BCUT2D eigenvalue weighted by Crippen LogP contribution is -2.05. The Morgan fingerprint density at radius 2 is 2.19 bits per heavy atom. The number of pyridine rings is 1. The third-order valence-corrected chi connectivity index (χ3v) is 3.46. The van der Waals surface area contributed by atoms with Crippen LogP contribution in [-0.4, -0.2) is 22.7 Å². The lowest BCUT2D eigenvalue weighted by Gasteiger charge is -2.14. The molecule has 1 N–H and O–H groups in total. The van der Waals surface area contributed by atoms with Crippen molar-refractivity contribution in [1.82, 2.24) is 4.98 Å². The third kappa shape index (κ3) is 4.07. The number of rotatable bonds is 6. The van der Waals surface area contributed by atoms with Crippen LogP contribution in [0.2, 0.25) is 0 Å². The monoisotopic (exact) mass is 399 g/mol. The molecule has 0 amide bonds. The molecule has 0 saturated heterocycles. The van der Waals surface area contributed by atoms with E-state index >= 15 is 0 Å². The lowest BCUT2D eigenvalue weighted by molar-refractivity contribution is 0.0696. The van der Waals surface area contributed by atoms with E-state index in [0.29, 0.717) is 28.3 Å². The van der Waals surface area contributed by atoms with E-state index in [2.05, 4.69) is 4.98 Å². The summed E-state index contributed by atoms with van der Waals surface area (Å²) < 4.78 is 12.0. The van der Waals surface area contributed by atoms with Gasteiger partial charge >= 0.3 is 5.97 Å². The molecule has 0 atom stereocenters. The highest BCUT2D eigenvalue weighted by Crippen LogP contribution is 2.34. The predicted molar refractivity (Wildman–Crippen MR) is 85.9 cm³/mol. The number of benzene rings is 1. The van der Waals surface area contributed by atoms with Gasteiger partial charge in [0.2, 0.25) is 0 Å². The van der Waals surface area contributed by atoms with Crippen LogP contribution in [0.5, 0.6) is 11.5 Å². The van der Waals surface area contributed by atoms with Gasteiger partial charge < -0.3 is 14.6 Å². The molecule has 0 bridgehead atoms. The normalized spacial score (nSPS) is 10.2. The maximum Gasteiger partial charge on any atom is 0.335 e. The van der Waals surface area contributed by atoms with Gasteiger partial charge in [0, 0.05) is 18.0 Å². The van der Waals surface area contributed by atoms with Crippen LogP contribution < -0.4 is 9.47 Å². The molecule has 0 radical (unpaired) electrons. The molecule has 6 heteroatoms. The molecule has 21 heavy (non-hydrogen) atoms. The first kappa shape index (κ1) is 15.6. The van der Waals surface area contributed by atoms with Crippen LogP contribution in [-0.2, 0) is 6.61 Å². The topological polar surface area (TPSA) is 68.7 Å². The largest absolute Gasteiger partial charge is 0.490 e. The zero-order valence-corrected chi connectivity index (χ0v) is 13.5. The number of hydrogen-bond donors (Lipinski definition) is 1. The van der Waals surface area contributed by atoms with Gasteiger partial charge in [-0.05, 0) is 47.7 Å². The van der Waals surface area contributed by atoms with Crippen molar-refractivity contribution in [2.45, 2.75) is 13.5 Å². The van der Waals surface area contributed by atoms with Crippen molar-refractivity contribution in [3.05, 3.63) is 51.4 Å². The molecule has 1 aromatic heterocycles. The number of ether oxygens (including phenoxy) is 2. The summed E-state index contributed by atoms with van der Waals surface area (Å²) in [6.07, 6.45) is 3.42. The molecule has 1 heterocycles. The van der Waals surface area contributed by atoms with E-state index in [9.17, 15) is 4.79 Å². The van der Waals surface area contributed by atoms with Crippen LogP contribution in [0.15, 0.2) is 36.7 Å². The minimum Gasteiger partial charge on any atom is -0.490 e. The van der Waals surface area contributed by atoms with Crippen molar-refractivity contribution < 1.29 is 19.4 Å². The van der Waals surface area contributed by atoms with Crippen LogP contribution in [0, 0.1) is 3.57 Å². The minimum absolute atomic E-state index is 0.177. The van der Waals surface area contributed by atoms with Gasteiger partial charge in [0.1, 0.15) is 6.61 Å². The Hall–Kier alpha value is -1.83. The van der Waals surface area contributed by atoms with E-state index in [1.807, 2.05) is 41.6 Å². The number of carboxylic acid groups (broad SMARTS) is 1. The van der Waals surface area contributed by atoms with E-state index < -0.39 is 5.97 Å².